The van der Waals surface area contributed by atoms with Gasteiger partial charge in [0.15, 0.2) is 0 Å². The summed E-state index contributed by atoms with van der Waals surface area (Å²) in [5.41, 5.74) is 6.43. The maximum atomic E-state index is 8.69. The first kappa shape index (κ1) is 9.61. The Morgan fingerprint density at radius 3 is 2.93 bits per heavy atom. The normalized spacial score (nSPS) is 9.87. The van der Waals surface area contributed by atoms with Crippen molar-refractivity contribution in [2.75, 3.05) is 5.73 Å². The van der Waals surface area contributed by atoms with Gasteiger partial charge in [0, 0.05) is 12.3 Å². The molecule has 0 saturated carbocycles. The number of anilines is 1. The van der Waals surface area contributed by atoms with E-state index in [1.807, 2.05) is 6.07 Å². The molecule has 2 rings (SSSR count). The summed E-state index contributed by atoms with van der Waals surface area (Å²) >= 11 is 3.21. The molecule has 2 N–H and O–H groups in total. The second-order valence-corrected chi connectivity index (χ2v) is 3.37. The molecule has 2 aromatic rings. The van der Waals surface area contributed by atoms with Gasteiger partial charge in [-0.3, -0.25) is 0 Å². The average Bonchev–Trinajstić information content (AvgIpc) is 2.58. The third-order valence-corrected chi connectivity index (χ3v) is 2.20. The molecule has 0 radical (unpaired) electrons. The Morgan fingerprint density at radius 1 is 1.53 bits per heavy atom. The molecule has 0 aliphatic heterocycles. The summed E-state index contributed by atoms with van der Waals surface area (Å²) in [7, 11) is 0. The Kier molecular flexibility index (Phi) is 2.35. The molecule has 0 spiro atoms. The lowest BCUT2D eigenvalue weighted by Crippen LogP contribution is -1.99. The van der Waals surface area contributed by atoms with Gasteiger partial charge in [-0.25, -0.2) is 9.67 Å². The van der Waals surface area contributed by atoms with Crippen LogP contribution in [0.3, 0.4) is 0 Å². The van der Waals surface area contributed by atoms with Crippen LogP contribution in [0.4, 0.5) is 5.95 Å². The van der Waals surface area contributed by atoms with Crippen molar-refractivity contribution < 1.29 is 0 Å². The Bertz CT molecular complexity index is 540. The van der Waals surface area contributed by atoms with E-state index in [-0.39, 0.29) is 5.95 Å². The van der Waals surface area contributed by atoms with E-state index < -0.39 is 0 Å². The first-order chi connectivity index (χ1) is 7.20. The van der Waals surface area contributed by atoms with Crippen LogP contribution in [0.25, 0.3) is 5.69 Å². The topological polar surface area (TPSA) is 93.4 Å². The number of nitrogens with zero attached hydrogens (tertiary/aromatic N) is 5. The largest absolute Gasteiger partial charge is 0.366 e. The molecule has 6 nitrogen and oxygen atoms in total. The van der Waals surface area contributed by atoms with Gasteiger partial charge in [0.1, 0.15) is 11.8 Å². The van der Waals surface area contributed by atoms with Crippen LogP contribution in [0.1, 0.15) is 5.69 Å². The summed E-state index contributed by atoms with van der Waals surface area (Å²) in [6.07, 6.45) is 1.53. The highest BCUT2D eigenvalue weighted by Gasteiger charge is 2.07. The van der Waals surface area contributed by atoms with Crippen LogP contribution in [0.5, 0.6) is 0 Å². The lowest BCUT2D eigenvalue weighted by molar-refractivity contribution is 0.856. The zero-order chi connectivity index (χ0) is 10.8. The van der Waals surface area contributed by atoms with E-state index in [1.54, 1.807) is 12.1 Å². The fourth-order valence-electron chi connectivity index (χ4n) is 1.08. The summed E-state index contributed by atoms with van der Waals surface area (Å²) in [5.74, 6) is 0.164. The molecule has 0 aliphatic carbocycles. The minimum absolute atomic E-state index is 0.164. The van der Waals surface area contributed by atoms with Crippen LogP contribution < -0.4 is 5.73 Å². The number of hydrogen-bond acceptors (Lipinski definition) is 5. The molecule has 0 fully saturated rings. The molecule has 7 heteroatoms. The summed E-state index contributed by atoms with van der Waals surface area (Å²) in [6, 6.07) is 5.25. The van der Waals surface area contributed by atoms with Crippen molar-refractivity contribution in [2.24, 2.45) is 0 Å². The molecule has 0 saturated heterocycles. The number of rotatable bonds is 1. The molecule has 0 unspecified atom stereocenters. The molecule has 0 amide bonds. The number of aromatic nitrogens is 4. The number of nitrogens with two attached hydrogens (primary N) is 1. The van der Waals surface area contributed by atoms with Crippen LogP contribution >= 0.6 is 15.9 Å². The van der Waals surface area contributed by atoms with Crippen molar-refractivity contribution in [3.05, 3.63) is 28.8 Å². The van der Waals surface area contributed by atoms with Crippen LogP contribution in [-0.4, -0.2) is 19.7 Å². The van der Waals surface area contributed by atoms with Crippen molar-refractivity contribution in [1.82, 2.24) is 19.7 Å². The highest BCUT2D eigenvalue weighted by atomic mass is 79.9. The van der Waals surface area contributed by atoms with E-state index in [2.05, 4.69) is 31.0 Å². The molecule has 0 atom stereocenters. The van der Waals surface area contributed by atoms with Gasteiger partial charge in [-0.05, 0) is 22.0 Å². The SMILES string of the molecule is N#Cc1cc(-n2nc(N)nc2Br)ccn1. The molecule has 74 valence electrons. The smallest absolute Gasteiger partial charge is 0.240 e. The van der Waals surface area contributed by atoms with Crippen LogP contribution in [0, 0.1) is 11.3 Å². The van der Waals surface area contributed by atoms with Gasteiger partial charge >= 0.3 is 0 Å². The predicted octanol–water partition coefficient (Wildman–Crippen LogP) is 0.879. The zero-order valence-electron chi connectivity index (χ0n) is 7.42. The van der Waals surface area contributed by atoms with Gasteiger partial charge in [-0.1, -0.05) is 0 Å². The Labute approximate surface area is 93.5 Å². The average molecular weight is 265 g/mol. The molecule has 0 aliphatic rings. The molecular formula is C8H5BrN6. The van der Waals surface area contributed by atoms with Gasteiger partial charge in [0.2, 0.25) is 10.7 Å². The Hall–Kier alpha value is -1.94. The van der Waals surface area contributed by atoms with E-state index in [9.17, 15) is 0 Å². The van der Waals surface area contributed by atoms with Crippen LogP contribution in [-0.2, 0) is 0 Å². The number of pyridine rings is 1. The summed E-state index contributed by atoms with van der Waals surface area (Å²) in [5, 5.41) is 12.6. The van der Waals surface area contributed by atoms with Gasteiger partial charge in [-0.15, -0.1) is 5.10 Å². The highest BCUT2D eigenvalue weighted by Crippen LogP contribution is 2.15. The Balaban J connectivity index is 2.55. The molecule has 2 heterocycles. The first-order valence-corrected chi connectivity index (χ1v) is 4.74. The second kappa shape index (κ2) is 3.67. The minimum Gasteiger partial charge on any atom is -0.366 e. The number of hydrogen-bond donors (Lipinski definition) is 1. The predicted molar refractivity (Wildman–Crippen MR) is 56.0 cm³/mol. The monoisotopic (exact) mass is 264 g/mol. The fraction of sp³-hybridized carbons (Fsp3) is 0. The summed E-state index contributed by atoms with van der Waals surface area (Å²) in [6.45, 7) is 0. The lowest BCUT2D eigenvalue weighted by atomic mass is 10.3. The number of nitriles is 1. The Morgan fingerprint density at radius 2 is 2.33 bits per heavy atom. The fourth-order valence-corrected chi connectivity index (χ4v) is 1.55. The second-order valence-electron chi connectivity index (χ2n) is 2.66. The van der Waals surface area contributed by atoms with Gasteiger partial charge < -0.3 is 5.73 Å². The lowest BCUT2D eigenvalue weighted by Gasteiger charge is -2.00. The standard InChI is InChI=1S/C8H5BrN6/c9-7-13-8(11)14-15(7)6-1-2-12-5(3-6)4-10/h1-3H,(H2,11,14). The molecule has 0 aromatic carbocycles. The van der Waals surface area contributed by atoms with Gasteiger partial charge in [0.25, 0.3) is 0 Å². The van der Waals surface area contributed by atoms with E-state index in [4.69, 9.17) is 11.0 Å². The van der Waals surface area contributed by atoms with Crippen molar-refractivity contribution in [3.8, 4) is 11.8 Å². The highest BCUT2D eigenvalue weighted by molar-refractivity contribution is 9.10. The van der Waals surface area contributed by atoms with Crippen molar-refractivity contribution >= 4 is 21.9 Å². The molecule has 2 aromatic heterocycles. The van der Waals surface area contributed by atoms with Crippen LogP contribution in [0.2, 0.25) is 0 Å². The maximum absolute atomic E-state index is 8.69. The molecule has 0 bridgehead atoms. The quantitative estimate of drug-likeness (QED) is 0.825. The van der Waals surface area contributed by atoms with Crippen molar-refractivity contribution in [2.45, 2.75) is 0 Å². The zero-order valence-corrected chi connectivity index (χ0v) is 9.01. The minimum atomic E-state index is 0.164. The van der Waals surface area contributed by atoms with Gasteiger partial charge in [0.05, 0.1) is 5.69 Å². The molecular weight excluding hydrogens is 260 g/mol. The maximum Gasteiger partial charge on any atom is 0.240 e. The van der Waals surface area contributed by atoms with E-state index in [1.165, 1.54) is 10.9 Å². The van der Waals surface area contributed by atoms with Crippen molar-refractivity contribution in [3.63, 3.8) is 0 Å². The number of halogens is 1. The van der Waals surface area contributed by atoms with Crippen molar-refractivity contribution in [1.29, 1.82) is 5.26 Å². The molecule has 15 heavy (non-hydrogen) atoms. The van der Waals surface area contributed by atoms with E-state index >= 15 is 0 Å². The number of nitrogen functional groups attached to an aromatic ring is 1. The first-order valence-electron chi connectivity index (χ1n) is 3.95. The summed E-state index contributed by atoms with van der Waals surface area (Å²) in [4.78, 5) is 7.74. The van der Waals surface area contributed by atoms with E-state index in [0.717, 1.165) is 0 Å². The van der Waals surface area contributed by atoms with Crippen LogP contribution in [0.15, 0.2) is 23.1 Å². The van der Waals surface area contributed by atoms with E-state index in [0.29, 0.717) is 16.1 Å². The third-order valence-electron chi connectivity index (χ3n) is 1.69. The third kappa shape index (κ3) is 1.80. The van der Waals surface area contributed by atoms with Gasteiger partial charge in [-0.2, -0.15) is 10.2 Å². The summed E-state index contributed by atoms with van der Waals surface area (Å²) < 4.78 is 1.97.